The third-order valence-corrected chi connectivity index (χ3v) is 7.19. The van der Waals surface area contributed by atoms with Gasteiger partial charge in [0.15, 0.2) is 0 Å². The summed E-state index contributed by atoms with van der Waals surface area (Å²) in [5.74, 6) is 1.77. The topological polar surface area (TPSA) is 81.1 Å². The summed E-state index contributed by atoms with van der Waals surface area (Å²) in [5.41, 5.74) is 3.91. The monoisotopic (exact) mass is 531 g/mol. The molecular formula is C28H26ClN5O2S. The van der Waals surface area contributed by atoms with E-state index in [0.29, 0.717) is 34.1 Å². The van der Waals surface area contributed by atoms with Crippen molar-refractivity contribution in [2.45, 2.75) is 30.8 Å². The van der Waals surface area contributed by atoms with E-state index >= 15 is 0 Å². The van der Waals surface area contributed by atoms with E-state index in [0.717, 1.165) is 28.3 Å². The molecule has 2 N–H and O–H groups in total. The summed E-state index contributed by atoms with van der Waals surface area (Å²) in [6.07, 6.45) is 0. The highest BCUT2D eigenvalue weighted by molar-refractivity contribution is 7.98. The quantitative estimate of drug-likeness (QED) is 0.251. The summed E-state index contributed by atoms with van der Waals surface area (Å²) in [5, 5.41) is 12.4. The molecule has 7 nitrogen and oxygen atoms in total. The van der Waals surface area contributed by atoms with Crippen molar-refractivity contribution in [2.75, 3.05) is 17.2 Å². The maximum Gasteiger partial charge on any atom is 0.255 e. The number of nitrogens with one attached hydrogen (secondary N) is 2. The number of halogens is 1. The van der Waals surface area contributed by atoms with Crippen LogP contribution in [0.25, 0.3) is 0 Å². The Morgan fingerprint density at radius 2 is 1.81 bits per heavy atom. The van der Waals surface area contributed by atoms with E-state index in [4.69, 9.17) is 26.4 Å². The maximum absolute atomic E-state index is 13.6. The third kappa shape index (κ3) is 5.50. The standard InChI is InChI=1S/C28H26ClN5O2S/c1-3-36-22-15-13-19(14-16-22)25-24(26(35)31-21-10-5-4-6-11-21)18(2)30-27-32-28(33-34(25)27)37-17-20-9-7-8-12-23(20)29/h4-16,25H,3,17H2,1-2H3,(H,31,35)(H,30,32,33). The molecule has 2 heterocycles. The summed E-state index contributed by atoms with van der Waals surface area (Å²) in [6, 6.07) is 24.4. The summed E-state index contributed by atoms with van der Waals surface area (Å²) in [4.78, 5) is 18.3. The Morgan fingerprint density at radius 3 is 2.54 bits per heavy atom. The molecule has 9 heteroatoms. The second kappa shape index (κ2) is 11.1. The molecule has 37 heavy (non-hydrogen) atoms. The van der Waals surface area contributed by atoms with Crippen LogP contribution in [0.4, 0.5) is 11.6 Å². The van der Waals surface area contributed by atoms with Gasteiger partial charge in [-0.05, 0) is 55.3 Å². The minimum absolute atomic E-state index is 0.207. The Balaban J connectivity index is 1.49. The maximum atomic E-state index is 13.6. The van der Waals surface area contributed by atoms with E-state index in [2.05, 4.69) is 10.6 Å². The van der Waals surface area contributed by atoms with Gasteiger partial charge in [0, 0.05) is 22.2 Å². The fraction of sp³-hybridized carbons (Fsp3) is 0.179. The molecule has 0 bridgehead atoms. The van der Waals surface area contributed by atoms with Crippen molar-refractivity contribution >= 4 is 40.9 Å². The number of nitrogens with zero attached hydrogens (tertiary/aromatic N) is 3. The predicted octanol–water partition coefficient (Wildman–Crippen LogP) is 6.55. The number of benzene rings is 3. The largest absolute Gasteiger partial charge is 0.494 e. The lowest BCUT2D eigenvalue weighted by atomic mass is 9.95. The van der Waals surface area contributed by atoms with Gasteiger partial charge in [-0.15, -0.1) is 5.10 Å². The third-order valence-electron chi connectivity index (χ3n) is 5.93. The van der Waals surface area contributed by atoms with Crippen LogP contribution in [0.2, 0.25) is 5.02 Å². The van der Waals surface area contributed by atoms with Crippen molar-refractivity contribution in [1.29, 1.82) is 0 Å². The van der Waals surface area contributed by atoms with E-state index in [-0.39, 0.29) is 5.91 Å². The van der Waals surface area contributed by atoms with Gasteiger partial charge >= 0.3 is 0 Å². The molecule has 1 aliphatic heterocycles. The zero-order chi connectivity index (χ0) is 25.8. The normalized spacial score (nSPS) is 14.6. The van der Waals surface area contributed by atoms with Crippen LogP contribution in [0.1, 0.15) is 31.0 Å². The fourth-order valence-electron chi connectivity index (χ4n) is 4.19. The first-order valence-corrected chi connectivity index (χ1v) is 13.3. The van der Waals surface area contributed by atoms with Crippen LogP contribution in [0, 0.1) is 0 Å². The molecule has 188 valence electrons. The zero-order valence-electron chi connectivity index (χ0n) is 20.4. The second-order valence-corrected chi connectivity index (χ2v) is 9.78. The van der Waals surface area contributed by atoms with Gasteiger partial charge in [0.2, 0.25) is 11.1 Å². The summed E-state index contributed by atoms with van der Waals surface area (Å²) < 4.78 is 7.40. The number of thioether (sulfide) groups is 1. The van der Waals surface area contributed by atoms with Crippen LogP contribution < -0.4 is 15.4 Å². The second-order valence-electron chi connectivity index (χ2n) is 8.43. The zero-order valence-corrected chi connectivity index (χ0v) is 22.0. The van der Waals surface area contributed by atoms with E-state index in [9.17, 15) is 4.79 Å². The minimum atomic E-state index is -0.474. The fourth-order valence-corrected chi connectivity index (χ4v) is 5.30. The van der Waals surface area contributed by atoms with Crippen molar-refractivity contribution in [3.05, 3.63) is 106 Å². The smallest absolute Gasteiger partial charge is 0.255 e. The van der Waals surface area contributed by atoms with E-state index in [1.54, 1.807) is 4.68 Å². The molecule has 1 unspecified atom stereocenters. The van der Waals surface area contributed by atoms with Gasteiger partial charge in [-0.1, -0.05) is 71.9 Å². The Hall–Kier alpha value is -3.75. The van der Waals surface area contributed by atoms with Crippen molar-refractivity contribution in [3.63, 3.8) is 0 Å². The van der Waals surface area contributed by atoms with Crippen LogP contribution in [-0.4, -0.2) is 27.3 Å². The molecule has 0 aliphatic carbocycles. The van der Waals surface area contributed by atoms with Crippen molar-refractivity contribution in [3.8, 4) is 5.75 Å². The number of fused-ring (bicyclic) bond motifs is 1. The summed E-state index contributed by atoms with van der Waals surface area (Å²) in [7, 11) is 0. The molecule has 5 rings (SSSR count). The number of carbonyl (C=O) groups is 1. The first kappa shape index (κ1) is 24.9. The van der Waals surface area contributed by atoms with Crippen LogP contribution >= 0.6 is 23.4 Å². The number of carbonyl (C=O) groups excluding carboxylic acids is 1. The number of rotatable bonds is 8. The molecule has 3 aromatic carbocycles. The van der Waals surface area contributed by atoms with E-state index in [1.807, 2.05) is 92.7 Å². The lowest BCUT2D eigenvalue weighted by Gasteiger charge is -2.28. The molecule has 0 spiro atoms. The number of allylic oxidation sites excluding steroid dienone is 1. The molecule has 4 aromatic rings. The molecule has 1 amide bonds. The Labute approximate surface area is 224 Å². The summed E-state index contributed by atoms with van der Waals surface area (Å²) in [6.45, 7) is 4.41. The average Bonchev–Trinajstić information content (AvgIpc) is 3.31. The number of hydrogen-bond acceptors (Lipinski definition) is 6. The summed E-state index contributed by atoms with van der Waals surface area (Å²) >= 11 is 7.83. The Bertz CT molecular complexity index is 1440. The molecule has 1 atom stereocenters. The van der Waals surface area contributed by atoms with Gasteiger partial charge < -0.3 is 15.4 Å². The van der Waals surface area contributed by atoms with Gasteiger partial charge in [-0.2, -0.15) is 4.98 Å². The average molecular weight is 532 g/mol. The van der Waals surface area contributed by atoms with Gasteiger partial charge in [0.1, 0.15) is 11.8 Å². The van der Waals surface area contributed by atoms with Crippen molar-refractivity contribution < 1.29 is 9.53 Å². The molecule has 0 fully saturated rings. The van der Waals surface area contributed by atoms with Gasteiger partial charge in [-0.25, -0.2) is 4.68 Å². The number of hydrogen-bond donors (Lipinski definition) is 2. The Morgan fingerprint density at radius 1 is 1.08 bits per heavy atom. The van der Waals surface area contributed by atoms with E-state index < -0.39 is 6.04 Å². The Kier molecular flexibility index (Phi) is 7.48. The van der Waals surface area contributed by atoms with E-state index in [1.165, 1.54) is 11.8 Å². The van der Waals surface area contributed by atoms with Crippen LogP contribution in [-0.2, 0) is 10.5 Å². The van der Waals surface area contributed by atoms with Crippen LogP contribution in [0.15, 0.2) is 95.3 Å². The van der Waals surface area contributed by atoms with Gasteiger partial charge in [-0.3, -0.25) is 4.79 Å². The highest BCUT2D eigenvalue weighted by Gasteiger charge is 2.34. The molecule has 0 saturated heterocycles. The number of aromatic nitrogens is 3. The lowest BCUT2D eigenvalue weighted by molar-refractivity contribution is -0.113. The van der Waals surface area contributed by atoms with Gasteiger partial charge in [0.05, 0.1) is 12.2 Å². The number of ether oxygens (including phenoxy) is 1. The number of amides is 1. The predicted molar refractivity (Wildman–Crippen MR) is 148 cm³/mol. The molecule has 1 aromatic heterocycles. The lowest BCUT2D eigenvalue weighted by Crippen LogP contribution is -2.31. The van der Waals surface area contributed by atoms with Crippen molar-refractivity contribution in [1.82, 2.24) is 14.8 Å². The highest BCUT2D eigenvalue weighted by atomic mass is 35.5. The first-order chi connectivity index (χ1) is 18.0. The number of para-hydroxylation sites is 1. The van der Waals surface area contributed by atoms with Crippen LogP contribution in [0.5, 0.6) is 5.75 Å². The minimum Gasteiger partial charge on any atom is -0.494 e. The molecule has 0 radical (unpaired) electrons. The molecule has 0 saturated carbocycles. The number of anilines is 2. The van der Waals surface area contributed by atoms with Gasteiger partial charge in [0.25, 0.3) is 5.91 Å². The highest BCUT2D eigenvalue weighted by Crippen LogP contribution is 2.37. The van der Waals surface area contributed by atoms with Crippen molar-refractivity contribution in [2.24, 2.45) is 0 Å². The SMILES string of the molecule is CCOc1ccc(C2C(C(=O)Nc3ccccc3)=C(C)Nc3nc(SCc4ccccc4Cl)nn32)cc1. The molecule has 1 aliphatic rings. The van der Waals surface area contributed by atoms with Crippen LogP contribution in [0.3, 0.4) is 0 Å². The first-order valence-electron chi connectivity index (χ1n) is 11.9. The molecular weight excluding hydrogens is 506 g/mol.